The molecule has 0 aromatic rings. The molecule has 1 rings (SSSR count). The van der Waals surface area contributed by atoms with E-state index in [1.165, 1.54) is 16.7 Å². The third-order valence-corrected chi connectivity index (χ3v) is 3.63. The number of allylic oxidation sites excluding steroid dienone is 10. The van der Waals surface area contributed by atoms with Gasteiger partial charge in [-0.2, -0.15) is 0 Å². The average Bonchev–Trinajstić information content (AvgIpc) is 2.56. The molecule has 1 aliphatic carbocycles. The monoisotopic (exact) mass is 315 g/mol. The smallest absolute Gasteiger partial charge is 0.00433 e. The van der Waals surface area contributed by atoms with Gasteiger partial charge < -0.3 is 5.32 Å². The van der Waals surface area contributed by atoms with Crippen LogP contribution >= 0.6 is 0 Å². The van der Waals surface area contributed by atoms with E-state index < -0.39 is 0 Å². The number of hydrogen-bond donors (Lipinski definition) is 1. The van der Waals surface area contributed by atoms with Gasteiger partial charge in [-0.05, 0) is 39.8 Å². The maximum atomic E-state index is 3.37. The molecule has 23 heavy (non-hydrogen) atoms. The number of rotatable bonds is 4. The lowest BCUT2D eigenvalue weighted by atomic mass is 9.81. The van der Waals surface area contributed by atoms with Crippen molar-refractivity contribution in [1.82, 2.24) is 5.32 Å². The zero-order chi connectivity index (χ0) is 18.3. The summed E-state index contributed by atoms with van der Waals surface area (Å²) in [7, 11) is 1.81. The van der Waals surface area contributed by atoms with Crippen LogP contribution in [0.4, 0.5) is 0 Å². The van der Waals surface area contributed by atoms with E-state index in [0.29, 0.717) is 11.8 Å². The number of hydrogen-bond acceptors (Lipinski definition) is 1. The Hall–Kier alpha value is -1.76. The number of nitrogens with one attached hydrogen (secondary N) is 1. The molecule has 2 unspecified atom stereocenters. The van der Waals surface area contributed by atoms with Crippen LogP contribution in [0.1, 0.15) is 48.5 Å². The molecule has 0 radical (unpaired) electrons. The fraction of sp³-hybridized carbons (Fsp3) is 0.455. The van der Waals surface area contributed by atoms with Crippen LogP contribution in [0.3, 0.4) is 0 Å². The standard InChI is InChI=1S/C17H24.C3H7N.C2H6/c1-6-7-8-9-14(3)16(5)17-11-10-13(2)12-15(17)4;1-3-4-2;1-2/h6-12,15,17H,1-5H3;3-4H,1H2,2H3;1-2H3/b7-6-,9-8-,16-14+;;. The average molecular weight is 316 g/mol. The van der Waals surface area contributed by atoms with Gasteiger partial charge in [0.1, 0.15) is 0 Å². The molecule has 0 aliphatic heterocycles. The van der Waals surface area contributed by atoms with Crippen LogP contribution in [0.25, 0.3) is 0 Å². The van der Waals surface area contributed by atoms with Crippen molar-refractivity contribution in [2.24, 2.45) is 11.8 Å². The van der Waals surface area contributed by atoms with E-state index in [1.807, 2.05) is 33.9 Å². The molecular weight excluding hydrogens is 278 g/mol. The second-order valence-electron chi connectivity index (χ2n) is 5.40. The highest BCUT2D eigenvalue weighted by Gasteiger charge is 2.17. The van der Waals surface area contributed by atoms with Crippen molar-refractivity contribution in [2.75, 3.05) is 7.05 Å². The summed E-state index contributed by atoms with van der Waals surface area (Å²) in [4.78, 5) is 0. The zero-order valence-electron chi connectivity index (χ0n) is 16.5. The van der Waals surface area contributed by atoms with E-state index in [4.69, 9.17) is 0 Å². The third kappa shape index (κ3) is 10.6. The van der Waals surface area contributed by atoms with Crippen molar-refractivity contribution >= 4 is 0 Å². The molecule has 1 heteroatoms. The fourth-order valence-electron chi connectivity index (χ4n) is 2.25. The Morgan fingerprint density at radius 3 is 2.22 bits per heavy atom. The van der Waals surface area contributed by atoms with Gasteiger partial charge in [-0.25, -0.2) is 0 Å². The van der Waals surface area contributed by atoms with Gasteiger partial charge in [0.25, 0.3) is 0 Å². The molecule has 0 saturated carbocycles. The molecule has 0 aromatic carbocycles. The molecule has 0 spiro atoms. The van der Waals surface area contributed by atoms with Crippen molar-refractivity contribution in [3.8, 4) is 0 Å². The maximum absolute atomic E-state index is 3.37. The predicted octanol–water partition coefficient (Wildman–Crippen LogP) is 6.60. The van der Waals surface area contributed by atoms with Crippen LogP contribution in [0.15, 0.2) is 72.0 Å². The first kappa shape index (κ1) is 23.5. The minimum Gasteiger partial charge on any atom is -0.394 e. The molecule has 0 aromatic heterocycles. The van der Waals surface area contributed by atoms with Gasteiger partial charge in [-0.1, -0.05) is 86.6 Å². The van der Waals surface area contributed by atoms with Gasteiger partial charge in [0.15, 0.2) is 0 Å². The van der Waals surface area contributed by atoms with Gasteiger partial charge in [-0.15, -0.1) is 0 Å². The molecule has 2 atom stereocenters. The summed E-state index contributed by atoms with van der Waals surface area (Å²) in [6, 6.07) is 0. The summed E-state index contributed by atoms with van der Waals surface area (Å²) >= 11 is 0. The molecule has 1 nitrogen and oxygen atoms in total. The van der Waals surface area contributed by atoms with Crippen LogP contribution in [-0.2, 0) is 0 Å². The Balaban J connectivity index is 0. The second kappa shape index (κ2) is 15.1. The Bertz CT molecular complexity index is 458. The van der Waals surface area contributed by atoms with E-state index in [9.17, 15) is 0 Å². The van der Waals surface area contributed by atoms with E-state index in [1.54, 1.807) is 6.20 Å². The summed E-state index contributed by atoms with van der Waals surface area (Å²) in [5.74, 6) is 1.15. The summed E-state index contributed by atoms with van der Waals surface area (Å²) in [6.45, 7) is 18.3. The van der Waals surface area contributed by atoms with Crippen molar-refractivity contribution in [1.29, 1.82) is 0 Å². The highest BCUT2D eigenvalue weighted by molar-refractivity contribution is 5.34. The first-order valence-corrected chi connectivity index (χ1v) is 8.59. The van der Waals surface area contributed by atoms with Gasteiger partial charge in [0.05, 0.1) is 0 Å². The second-order valence-corrected chi connectivity index (χ2v) is 5.40. The van der Waals surface area contributed by atoms with Crippen molar-refractivity contribution < 1.29 is 0 Å². The quantitative estimate of drug-likeness (QED) is 0.576. The van der Waals surface area contributed by atoms with E-state index in [-0.39, 0.29) is 0 Å². The van der Waals surface area contributed by atoms with Crippen LogP contribution in [0.2, 0.25) is 0 Å². The van der Waals surface area contributed by atoms with Gasteiger partial charge >= 0.3 is 0 Å². The predicted molar refractivity (Wildman–Crippen MR) is 108 cm³/mol. The third-order valence-electron chi connectivity index (χ3n) is 3.63. The molecule has 0 fully saturated rings. The topological polar surface area (TPSA) is 12.0 Å². The molecular formula is C22H37N. The molecule has 0 amide bonds. The highest BCUT2D eigenvalue weighted by Crippen LogP contribution is 2.30. The zero-order valence-corrected chi connectivity index (χ0v) is 16.5. The van der Waals surface area contributed by atoms with Crippen LogP contribution < -0.4 is 5.32 Å². The summed E-state index contributed by atoms with van der Waals surface area (Å²) in [6.07, 6.45) is 17.0. The van der Waals surface area contributed by atoms with E-state index in [2.05, 4.69) is 76.0 Å². The Morgan fingerprint density at radius 2 is 1.78 bits per heavy atom. The van der Waals surface area contributed by atoms with Crippen LogP contribution in [0.5, 0.6) is 0 Å². The molecule has 0 bridgehead atoms. The van der Waals surface area contributed by atoms with Crippen LogP contribution in [0, 0.1) is 11.8 Å². The Morgan fingerprint density at radius 1 is 1.22 bits per heavy atom. The normalized spacial score (nSPS) is 20.8. The maximum Gasteiger partial charge on any atom is 0.00433 e. The van der Waals surface area contributed by atoms with Crippen molar-refractivity contribution in [3.63, 3.8) is 0 Å². The summed E-state index contributed by atoms with van der Waals surface area (Å²) in [5, 5.41) is 2.69. The lowest BCUT2D eigenvalue weighted by Crippen LogP contribution is -2.12. The molecule has 1 N–H and O–H groups in total. The molecule has 0 saturated heterocycles. The van der Waals surface area contributed by atoms with E-state index >= 15 is 0 Å². The van der Waals surface area contributed by atoms with E-state index in [0.717, 1.165) is 0 Å². The molecule has 130 valence electrons. The first-order chi connectivity index (χ1) is 11.0. The molecule has 0 heterocycles. The van der Waals surface area contributed by atoms with Gasteiger partial charge in [-0.3, -0.25) is 0 Å². The van der Waals surface area contributed by atoms with Gasteiger partial charge in [0.2, 0.25) is 0 Å². The SMILES string of the molecule is C=CNC.CC.C\C=C/C=C\C(C)=C(/C)C1C=CC(C)=CC1C. The molecule has 1 aliphatic rings. The van der Waals surface area contributed by atoms with Gasteiger partial charge in [0, 0.05) is 13.0 Å². The minimum atomic E-state index is 0.550. The largest absolute Gasteiger partial charge is 0.394 e. The lowest BCUT2D eigenvalue weighted by Gasteiger charge is -2.24. The first-order valence-electron chi connectivity index (χ1n) is 8.59. The fourth-order valence-corrected chi connectivity index (χ4v) is 2.25. The highest BCUT2D eigenvalue weighted by atomic mass is 14.8. The summed E-state index contributed by atoms with van der Waals surface area (Å²) in [5.41, 5.74) is 4.22. The summed E-state index contributed by atoms with van der Waals surface area (Å²) < 4.78 is 0. The Labute approximate surface area is 145 Å². The minimum absolute atomic E-state index is 0.550. The van der Waals surface area contributed by atoms with Crippen molar-refractivity contribution in [3.05, 3.63) is 72.0 Å². The van der Waals surface area contributed by atoms with Crippen molar-refractivity contribution in [2.45, 2.75) is 48.5 Å². The Kier molecular flexibility index (Phi) is 15.5. The van der Waals surface area contributed by atoms with Crippen LogP contribution in [-0.4, -0.2) is 7.05 Å². The lowest BCUT2D eigenvalue weighted by molar-refractivity contribution is 0.569.